The minimum absolute atomic E-state index is 0.163. The lowest BCUT2D eigenvalue weighted by molar-refractivity contribution is -0.0149. The molecule has 0 aliphatic carbocycles. The van der Waals surface area contributed by atoms with Crippen molar-refractivity contribution in [1.29, 1.82) is 0 Å². The summed E-state index contributed by atoms with van der Waals surface area (Å²) in [4.78, 5) is 10.9. The van der Waals surface area contributed by atoms with Gasteiger partial charge in [-0.15, -0.1) is 0 Å². The molecule has 168 valence electrons. The molecule has 0 saturated carbocycles. The van der Waals surface area contributed by atoms with E-state index in [1.807, 2.05) is 17.9 Å². The van der Waals surface area contributed by atoms with Crippen LogP contribution in [0.1, 0.15) is 45.2 Å². The van der Waals surface area contributed by atoms with Crippen LogP contribution in [0.5, 0.6) is 0 Å². The molecule has 2 N–H and O–H groups in total. The fourth-order valence-electron chi connectivity index (χ4n) is 3.48. The molecule has 3 rings (SSSR count). The van der Waals surface area contributed by atoms with Crippen molar-refractivity contribution in [2.24, 2.45) is 4.99 Å². The molecule has 0 spiro atoms. The lowest BCUT2D eigenvalue weighted by Crippen LogP contribution is -2.44. The van der Waals surface area contributed by atoms with Crippen molar-refractivity contribution in [3.05, 3.63) is 59.5 Å². The molecule has 1 aromatic carbocycles. The van der Waals surface area contributed by atoms with Gasteiger partial charge in [0.2, 0.25) is 0 Å². The van der Waals surface area contributed by atoms with Gasteiger partial charge in [-0.2, -0.15) is 0 Å². The minimum atomic E-state index is -0.279. The Bertz CT molecular complexity index is 880. The normalized spacial score (nSPS) is 17.1. The SMILES string of the molecule is CCNC(=NCc1cccc(COC(C)(C)C)c1)NC1CCN(c2ncccc2F)C1. The van der Waals surface area contributed by atoms with E-state index in [0.29, 0.717) is 25.5 Å². The number of guanidine groups is 1. The first-order chi connectivity index (χ1) is 14.8. The Kier molecular flexibility index (Phi) is 7.85. The second-order valence-corrected chi connectivity index (χ2v) is 8.80. The van der Waals surface area contributed by atoms with E-state index >= 15 is 0 Å². The third-order valence-corrected chi connectivity index (χ3v) is 4.99. The number of nitrogens with zero attached hydrogens (tertiary/aromatic N) is 3. The molecule has 1 atom stereocenters. The second-order valence-electron chi connectivity index (χ2n) is 8.80. The number of benzene rings is 1. The van der Waals surface area contributed by atoms with Crippen LogP contribution >= 0.6 is 0 Å². The maximum absolute atomic E-state index is 14.0. The smallest absolute Gasteiger partial charge is 0.191 e. The Balaban J connectivity index is 1.59. The van der Waals surface area contributed by atoms with Crippen molar-refractivity contribution in [3.63, 3.8) is 0 Å². The molecule has 2 heterocycles. The molecule has 6 nitrogen and oxygen atoms in total. The molecule has 1 saturated heterocycles. The average molecular weight is 428 g/mol. The maximum Gasteiger partial charge on any atom is 0.191 e. The zero-order chi connectivity index (χ0) is 22.3. The van der Waals surface area contributed by atoms with Gasteiger partial charge in [-0.25, -0.2) is 14.4 Å². The summed E-state index contributed by atoms with van der Waals surface area (Å²) in [6.45, 7) is 11.6. The highest BCUT2D eigenvalue weighted by atomic mass is 19.1. The first-order valence-electron chi connectivity index (χ1n) is 11.0. The van der Waals surface area contributed by atoms with Crippen LogP contribution < -0.4 is 15.5 Å². The predicted molar refractivity (Wildman–Crippen MR) is 124 cm³/mol. The van der Waals surface area contributed by atoms with E-state index < -0.39 is 0 Å². The number of aromatic nitrogens is 1. The van der Waals surface area contributed by atoms with Crippen molar-refractivity contribution in [3.8, 4) is 0 Å². The van der Waals surface area contributed by atoms with Crippen LogP contribution in [0, 0.1) is 5.82 Å². The average Bonchev–Trinajstić information content (AvgIpc) is 3.19. The van der Waals surface area contributed by atoms with Gasteiger partial charge in [-0.05, 0) is 57.4 Å². The summed E-state index contributed by atoms with van der Waals surface area (Å²) in [5, 5.41) is 6.80. The molecular formula is C24H34FN5O. The van der Waals surface area contributed by atoms with Crippen molar-refractivity contribution < 1.29 is 9.13 Å². The number of pyridine rings is 1. The Morgan fingerprint density at radius 1 is 1.26 bits per heavy atom. The number of halogens is 1. The van der Waals surface area contributed by atoms with Crippen LogP contribution in [-0.4, -0.2) is 42.2 Å². The highest BCUT2D eigenvalue weighted by Crippen LogP contribution is 2.20. The van der Waals surface area contributed by atoms with E-state index in [2.05, 4.69) is 54.6 Å². The molecule has 1 aromatic heterocycles. The lowest BCUT2D eigenvalue weighted by atomic mass is 10.1. The van der Waals surface area contributed by atoms with Crippen LogP contribution in [0.25, 0.3) is 0 Å². The molecule has 1 aliphatic rings. The zero-order valence-corrected chi connectivity index (χ0v) is 19.0. The number of hydrogen-bond donors (Lipinski definition) is 2. The summed E-state index contributed by atoms with van der Waals surface area (Å²) in [5.41, 5.74) is 2.11. The Morgan fingerprint density at radius 3 is 2.81 bits per heavy atom. The van der Waals surface area contributed by atoms with Crippen LogP contribution in [-0.2, 0) is 17.9 Å². The third-order valence-electron chi connectivity index (χ3n) is 4.99. The van der Waals surface area contributed by atoms with Crippen LogP contribution in [0.3, 0.4) is 0 Å². The van der Waals surface area contributed by atoms with Crippen LogP contribution in [0.4, 0.5) is 10.2 Å². The summed E-state index contributed by atoms with van der Waals surface area (Å²) >= 11 is 0. The first kappa shape index (κ1) is 23.0. The topological polar surface area (TPSA) is 61.8 Å². The Morgan fingerprint density at radius 2 is 2.06 bits per heavy atom. The molecule has 1 unspecified atom stereocenters. The van der Waals surface area contributed by atoms with Gasteiger partial charge in [-0.1, -0.05) is 24.3 Å². The van der Waals surface area contributed by atoms with E-state index in [1.54, 1.807) is 12.3 Å². The molecule has 0 amide bonds. The van der Waals surface area contributed by atoms with Crippen molar-refractivity contribution in [1.82, 2.24) is 15.6 Å². The Labute approximate surface area is 184 Å². The van der Waals surface area contributed by atoms with Crippen molar-refractivity contribution in [2.45, 2.75) is 58.9 Å². The largest absolute Gasteiger partial charge is 0.371 e. The van der Waals surface area contributed by atoms with Crippen molar-refractivity contribution in [2.75, 3.05) is 24.5 Å². The van der Waals surface area contributed by atoms with E-state index in [0.717, 1.165) is 36.6 Å². The summed E-state index contributed by atoms with van der Waals surface area (Å²) in [6, 6.07) is 11.6. The lowest BCUT2D eigenvalue weighted by Gasteiger charge is -2.20. The standard InChI is InChI=1S/C24H34FN5O/c1-5-26-23(28-15-18-8-6-9-19(14-18)17-31-24(2,3)4)29-20-11-13-30(16-20)22-21(25)10-7-12-27-22/h6-10,12,14,20H,5,11,13,15-17H2,1-4H3,(H2,26,28,29). The number of anilines is 1. The number of nitrogens with one attached hydrogen (secondary N) is 2. The van der Waals surface area contributed by atoms with Crippen LogP contribution in [0.2, 0.25) is 0 Å². The number of ether oxygens (including phenoxy) is 1. The van der Waals surface area contributed by atoms with E-state index in [9.17, 15) is 4.39 Å². The zero-order valence-electron chi connectivity index (χ0n) is 19.0. The van der Waals surface area contributed by atoms with Gasteiger partial charge in [-0.3, -0.25) is 0 Å². The van der Waals surface area contributed by atoms with Gasteiger partial charge in [0.1, 0.15) is 0 Å². The first-order valence-corrected chi connectivity index (χ1v) is 11.0. The number of rotatable bonds is 7. The molecule has 1 aliphatic heterocycles. The van der Waals surface area contributed by atoms with E-state index in [4.69, 9.17) is 9.73 Å². The monoisotopic (exact) mass is 427 g/mol. The van der Waals surface area contributed by atoms with Gasteiger partial charge < -0.3 is 20.3 Å². The Hall–Kier alpha value is -2.67. The van der Waals surface area contributed by atoms with Gasteiger partial charge >= 0.3 is 0 Å². The summed E-state index contributed by atoms with van der Waals surface area (Å²) in [5.74, 6) is 0.911. The van der Waals surface area contributed by atoms with Crippen LogP contribution in [0.15, 0.2) is 47.6 Å². The third kappa shape index (κ3) is 7.21. The number of aliphatic imine (C=N–C) groups is 1. The molecule has 1 fully saturated rings. The minimum Gasteiger partial charge on any atom is -0.371 e. The maximum atomic E-state index is 14.0. The highest BCUT2D eigenvalue weighted by Gasteiger charge is 2.25. The fraction of sp³-hybridized carbons (Fsp3) is 0.500. The molecular weight excluding hydrogens is 393 g/mol. The molecule has 31 heavy (non-hydrogen) atoms. The van der Waals surface area contributed by atoms with Gasteiger partial charge in [0.15, 0.2) is 17.6 Å². The fourth-order valence-corrected chi connectivity index (χ4v) is 3.48. The predicted octanol–water partition coefficient (Wildman–Crippen LogP) is 3.87. The quantitative estimate of drug-likeness (QED) is 0.519. The summed E-state index contributed by atoms with van der Waals surface area (Å²) in [6.07, 6.45) is 2.53. The van der Waals surface area contributed by atoms with E-state index in [-0.39, 0.29) is 17.5 Å². The van der Waals surface area contributed by atoms with Gasteiger partial charge in [0, 0.05) is 31.9 Å². The molecule has 0 radical (unpaired) electrons. The van der Waals surface area contributed by atoms with E-state index in [1.165, 1.54) is 6.07 Å². The molecule has 2 aromatic rings. The highest BCUT2D eigenvalue weighted by molar-refractivity contribution is 5.80. The molecule has 7 heteroatoms. The summed E-state index contributed by atoms with van der Waals surface area (Å²) < 4.78 is 19.9. The van der Waals surface area contributed by atoms with Gasteiger partial charge in [0.25, 0.3) is 0 Å². The second kappa shape index (κ2) is 10.6. The number of hydrogen-bond acceptors (Lipinski definition) is 4. The van der Waals surface area contributed by atoms with Gasteiger partial charge in [0.05, 0.1) is 18.8 Å². The van der Waals surface area contributed by atoms with Crippen molar-refractivity contribution >= 4 is 11.8 Å². The molecule has 0 bridgehead atoms. The summed E-state index contributed by atoms with van der Waals surface area (Å²) in [7, 11) is 0.